The van der Waals surface area contributed by atoms with Gasteiger partial charge in [-0.25, -0.2) is 0 Å². The number of ketones is 1. The van der Waals surface area contributed by atoms with Gasteiger partial charge in [0.2, 0.25) is 0 Å². The average molecular weight is 819 g/mol. The van der Waals surface area contributed by atoms with Crippen molar-refractivity contribution < 1.29 is 29.0 Å². The van der Waals surface area contributed by atoms with Crippen LogP contribution in [0.25, 0.3) is 29.9 Å². The molecule has 322 valence electrons. The van der Waals surface area contributed by atoms with Crippen LogP contribution in [0, 0.1) is 43.4 Å². The van der Waals surface area contributed by atoms with Gasteiger partial charge >= 0.3 is 11.9 Å². The van der Waals surface area contributed by atoms with Crippen LogP contribution in [0.5, 0.6) is 0 Å². The lowest BCUT2D eigenvalue weighted by Crippen LogP contribution is -2.25. The van der Waals surface area contributed by atoms with Crippen molar-refractivity contribution >= 4 is 47.6 Å². The van der Waals surface area contributed by atoms with Crippen LogP contribution >= 0.6 is 0 Å². The Morgan fingerprint density at radius 3 is 2.32 bits per heavy atom. The highest BCUT2D eigenvalue weighted by Gasteiger charge is 2.48. The lowest BCUT2D eigenvalue weighted by molar-refractivity contribution is -0.143. The largest absolute Gasteiger partial charge is 0.468 e. The number of hydrogen-bond donors (Lipinski definition) is 5. The molecule has 4 atom stereocenters. The first-order valence-corrected chi connectivity index (χ1v) is 22.0. The smallest absolute Gasteiger partial charge is 0.321 e. The molecule has 0 radical (unpaired) electrons. The molecule has 3 aromatic rings. The van der Waals surface area contributed by atoms with Crippen molar-refractivity contribution in [1.29, 1.82) is 0 Å². The first-order valence-electron chi connectivity index (χ1n) is 22.0. The number of Topliss-reactive ketones (excluding diaryl/α,β-unsaturated/α-hetero) is 1. The number of hydrogen-bond acceptors (Lipinski definition) is 7. The van der Waals surface area contributed by atoms with E-state index in [0.717, 1.165) is 91.7 Å². The van der Waals surface area contributed by atoms with E-state index in [0.29, 0.717) is 29.7 Å². The SMILES string of the molecule is C=Cc1c2[nH]c(c1C)/C=C1\N/C(=C3\c4[nH]c(c(C)c4C(=O)[C@@H]3C(=O)OC)/C=c3\[nH]/c(c(CO)c3CC)=C\2)[C@@H](CCC(=O)OC/C=C(\C)CCC[C@@H](C)CCCC(C)C)[C@@H]1C. The molecule has 2 aliphatic heterocycles. The number of aromatic nitrogens is 3. The molecule has 0 amide bonds. The predicted octanol–water partition coefficient (Wildman–Crippen LogP) is 8.45. The van der Waals surface area contributed by atoms with Gasteiger partial charge in [-0.3, -0.25) is 14.4 Å². The van der Waals surface area contributed by atoms with Gasteiger partial charge in [-0.2, -0.15) is 0 Å². The van der Waals surface area contributed by atoms with Crippen molar-refractivity contribution in [1.82, 2.24) is 20.3 Å². The quantitative estimate of drug-likeness (QED) is 0.0522. The van der Waals surface area contributed by atoms with Crippen molar-refractivity contribution in [3.05, 3.63) is 96.5 Å². The van der Waals surface area contributed by atoms with Gasteiger partial charge in [0.25, 0.3) is 0 Å². The highest BCUT2D eigenvalue weighted by atomic mass is 16.5. The number of H-pyrrole nitrogens is 3. The monoisotopic (exact) mass is 818 g/mol. The van der Waals surface area contributed by atoms with Crippen LogP contribution < -0.4 is 16.0 Å². The second kappa shape index (κ2) is 19.1. The molecule has 5 N–H and O–H groups in total. The number of methoxy groups -OCH3 is 1. The van der Waals surface area contributed by atoms with E-state index in [1.165, 1.54) is 38.4 Å². The van der Waals surface area contributed by atoms with E-state index in [1.54, 1.807) is 0 Å². The molecule has 6 rings (SSSR count). The molecule has 3 aromatic heterocycles. The molecule has 0 aromatic carbocycles. The van der Waals surface area contributed by atoms with Crippen molar-refractivity contribution in [2.45, 2.75) is 120 Å². The highest BCUT2D eigenvalue weighted by molar-refractivity contribution is 6.24. The number of carbonyl (C=O) groups excluding carboxylic acids is 3. The fourth-order valence-corrected chi connectivity index (χ4v) is 9.52. The molecule has 8 bridgehead atoms. The minimum Gasteiger partial charge on any atom is -0.468 e. The van der Waals surface area contributed by atoms with E-state index in [1.807, 2.05) is 38.2 Å². The summed E-state index contributed by atoms with van der Waals surface area (Å²) in [5.74, 6) is -1.32. The molecule has 0 unspecified atom stereocenters. The third-order valence-corrected chi connectivity index (χ3v) is 13.2. The molecular formula is C50H66N4O6. The van der Waals surface area contributed by atoms with Crippen LogP contribution in [0.3, 0.4) is 0 Å². The Labute approximate surface area is 355 Å². The summed E-state index contributed by atoms with van der Waals surface area (Å²) < 4.78 is 11.0. The maximum absolute atomic E-state index is 14.4. The number of carbonyl (C=O) groups is 3. The van der Waals surface area contributed by atoms with Crippen molar-refractivity contribution in [2.75, 3.05) is 13.7 Å². The van der Waals surface area contributed by atoms with E-state index in [2.05, 4.69) is 74.5 Å². The second-order valence-electron chi connectivity index (χ2n) is 17.7. The van der Waals surface area contributed by atoms with E-state index in [4.69, 9.17) is 9.47 Å². The lowest BCUT2D eigenvalue weighted by atomic mass is 9.85. The van der Waals surface area contributed by atoms with Gasteiger partial charge in [0.05, 0.1) is 19.4 Å². The Morgan fingerprint density at radius 2 is 1.63 bits per heavy atom. The fourth-order valence-electron chi connectivity index (χ4n) is 9.52. The molecule has 0 saturated carbocycles. The molecule has 60 heavy (non-hydrogen) atoms. The van der Waals surface area contributed by atoms with Crippen molar-refractivity contribution in [2.24, 2.45) is 29.6 Å². The molecule has 10 nitrogen and oxygen atoms in total. The van der Waals surface area contributed by atoms with Crippen LogP contribution in [0.4, 0.5) is 0 Å². The number of ether oxygens (including phenoxy) is 2. The molecule has 1 saturated heterocycles. The summed E-state index contributed by atoms with van der Waals surface area (Å²) in [5, 5.41) is 15.9. The summed E-state index contributed by atoms with van der Waals surface area (Å²) in [6.45, 7) is 21.3. The van der Waals surface area contributed by atoms with Crippen molar-refractivity contribution in [3.63, 3.8) is 0 Å². The lowest BCUT2D eigenvalue weighted by Gasteiger charge is -2.19. The van der Waals surface area contributed by atoms with Crippen LogP contribution in [0.1, 0.15) is 154 Å². The summed E-state index contributed by atoms with van der Waals surface area (Å²) in [4.78, 5) is 52.0. The molecule has 0 spiro atoms. The maximum Gasteiger partial charge on any atom is 0.321 e. The second-order valence-corrected chi connectivity index (χ2v) is 17.7. The normalized spacial score (nSPS) is 22.1. The Balaban J connectivity index is 1.35. The van der Waals surface area contributed by atoms with E-state index in [9.17, 15) is 19.5 Å². The number of fused-ring (bicyclic) bond motifs is 7. The topological polar surface area (TPSA) is 149 Å². The zero-order valence-corrected chi connectivity index (χ0v) is 37.2. The molecular weight excluding hydrogens is 753 g/mol. The number of esters is 2. The summed E-state index contributed by atoms with van der Waals surface area (Å²) in [6, 6.07) is 0. The third-order valence-electron chi connectivity index (χ3n) is 13.2. The Morgan fingerprint density at radius 1 is 0.933 bits per heavy atom. The van der Waals surface area contributed by atoms with Gasteiger partial charge in [0.15, 0.2) is 5.78 Å². The third kappa shape index (κ3) is 8.99. The number of allylic oxidation sites excluding steroid dienone is 3. The zero-order valence-electron chi connectivity index (χ0n) is 37.2. The molecule has 1 aliphatic carbocycles. The van der Waals surface area contributed by atoms with Gasteiger partial charge in [-0.15, -0.1) is 0 Å². The van der Waals surface area contributed by atoms with Crippen molar-refractivity contribution in [3.8, 4) is 0 Å². The van der Waals surface area contributed by atoms with Crippen LogP contribution in [-0.4, -0.2) is 51.5 Å². The van der Waals surface area contributed by atoms with Gasteiger partial charge in [0, 0.05) is 79.7 Å². The molecule has 5 heterocycles. The average Bonchev–Trinajstić information content (AvgIpc) is 3.96. The first kappa shape index (κ1) is 44.5. The van der Waals surface area contributed by atoms with E-state index < -0.39 is 11.9 Å². The van der Waals surface area contributed by atoms with Crippen LogP contribution in [0.15, 0.2) is 29.6 Å². The highest BCUT2D eigenvalue weighted by Crippen LogP contribution is 2.48. The predicted molar refractivity (Wildman–Crippen MR) is 240 cm³/mol. The Kier molecular flexibility index (Phi) is 14.1. The zero-order chi connectivity index (χ0) is 43.4. The van der Waals surface area contributed by atoms with Crippen LogP contribution in [0.2, 0.25) is 0 Å². The van der Waals surface area contributed by atoms with E-state index in [-0.39, 0.29) is 43.2 Å². The maximum atomic E-state index is 14.4. The van der Waals surface area contributed by atoms with E-state index >= 15 is 0 Å². The summed E-state index contributed by atoms with van der Waals surface area (Å²) in [7, 11) is 1.30. The summed E-state index contributed by atoms with van der Waals surface area (Å²) in [5.41, 5.74) is 11.3. The molecule has 1 fully saturated rings. The van der Waals surface area contributed by atoms with Crippen LogP contribution in [-0.2, 0) is 32.1 Å². The summed E-state index contributed by atoms with van der Waals surface area (Å²) >= 11 is 0. The minimum absolute atomic E-state index is 0.119. The Hall–Kier alpha value is -5.09. The standard InChI is InChI=1S/C50H66N4O6/c1-11-33-30(7)37-23-38-31(8)35(19-20-43(56)60-22-21-29(6)18-14-17-28(5)16-13-15-27(3)4)47(53-38)45-46(50(58)59-10)49(57)44-32(9)39(54-48(44)45)24-41-34(12-2)36(26-55)42(52-41)25-40(33)51-37/h11,21,23-25,27-28,31,35,46,51-55H,1,12-20,22,26H2,2-10H3/b29-21+,38-23-,41-24-,42-25-,47-45-/t28-,31-,35-,46+/m0/s1. The molecule has 10 heteroatoms. The Bertz CT molecular complexity index is 2360. The number of aliphatic hydroxyl groups excluding tert-OH is 1. The number of aromatic amines is 3. The summed E-state index contributed by atoms with van der Waals surface area (Å²) in [6.07, 6.45) is 18.4. The molecule has 3 aliphatic rings. The van der Waals surface area contributed by atoms with Gasteiger partial charge in [-0.05, 0) is 99.3 Å². The van der Waals surface area contributed by atoms with Gasteiger partial charge in [0.1, 0.15) is 12.5 Å². The minimum atomic E-state index is -1.17. The first-order chi connectivity index (χ1) is 28.7. The number of nitrogens with one attached hydrogen (secondary N) is 4. The fraction of sp³-hybridized carbons (Fsp3) is 0.500. The van der Waals surface area contributed by atoms with Gasteiger partial charge in [-0.1, -0.05) is 78.5 Å². The number of rotatable bonds is 17. The number of aliphatic hydroxyl groups is 1. The van der Waals surface area contributed by atoms with Gasteiger partial charge < -0.3 is 34.8 Å².